The van der Waals surface area contributed by atoms with E-state index in [1.807, 2.05) is 487 Å². The topological polar surface area (TPSA) is 296 Å². The standard InChI is InChI=1S/C5H11N.C5H7N.C5H5N.3C4H4N2.C4H9N.2C4H7N.C4H5N.C3H8N2.C3H6N2.C3H4N2.C3H6N2.C3H4N2.29C2H6/c3*1-2-4-6-5-3-1;1-2-6-4-3-5-1;1-2-5-4-6-3-1;1-2-4-6-5-3-1;4*1-2-4-5-3-1;3*1-2-5-3-4-1;2*1-2-4-5-3-1;29*1-2/h6H,1-5H2;2-6H,1H2;1-5H;3*1-4H;5H,1-4H2;1,3,5H,2,4H2;1-2,5H,3-4H2;1-5H;4-5H,1-3H2;3H,1-2H2,(H,4,5);1-3H,(H,4,5);2,5H,1,3H2;1-3H,(H,4,5);29*1-2H3. The minimum atomic E-state index is 0.958. The Bertz CT molecular complexity index is 1770. The van der Waals surface area contributed by atoms with Gasteiger partial charge in [-0.25, -0.2) is 15.0 Å². The van der Waals surface area contributed by atoms with Gasteiger partial charge in [-0.3, -0.25) is 25.0 Å². The lowest BCUT2D eigenvalue weighted by Gasteiger charge is -2.08. The number of hydrogen-bond acceptors (Lipinski definition) is 20. The molecule has 7 aromatic rings. The summed E-state index contributed by atoms with van der Waals surface area (Å²) in [5.41, 5.74) is 2.79. The molecule has 0 spiro atoms. The van der Waals surface area contributed by atoms with Crippen LogP contribution in [0.4, 0.5) is 0 Å². The summed E-state index contributed by atoms with van der Waals surface area (Å²) in [6.07, 6.45) is 60.8. The van der Waals surface area contributed by atoms with E-state index < -0.39 is 0 Å². The molecule has 0 aromatic carbocycles. The van der Waals surface area contributed by atoms with Crippen LogP contribution >= 0.6 is 0 Å². The summed E-state index contributed by atoms with van der Waals surface area (Å²) >= 11 is 0. The third-order valence-corrected chi connectivity index (χ3v) is 9.42. The third-order valence-electron chi connectivity index (χ3n) is 9.42. The molecule has 0 saturated carbocycles. The number of hydrazone groups is 1. The average Bonchev–Trinajstić information content (AvgIpc) is 2.06. The van der Waals surface area contributed by atoms with Crippen LogP contribution in [0.2, 0.25) is 0 Å². The number of pyridine rings is 1. The Hall–Kier alpha value is -8.61. The van der Waals surface area contributed by atoms with Crippen molar-refractivity contribution in [2.45, 2.75) is 453 Å². The van der Waals surface area contributed by atoms with E-state index in [9.17, 15) is 0 Å². The maximum atomic E-state index is 3.85. The predicted octanol–water partition coefficient (Wildman–Crippen LogP) is 35.6. The molecular formula is C116H265N23. The lowest BCUT2D eigenvalue weighted by atomic mass is 10.2. The molecule has 15 rings (SSSR count). The van der Waals surface area contributed by atoms with E-state index in [0.29, 0.717) is 0 Å². The molecule has 12 N–H and O–H groups in total. The fourth-order valence-corrected chi connectivity index (χ4v) is 5.53. The normalized spacial score (nSPS) is 9.83. The zero-order chi connectivity index (χ0) is 115. The van der Waals surface area contributed by atoms with Gasteiger partial charge in [0.2, 0.25) is 0 Å². The van der Waals surface area contributed by atoms with Crippen LogP contribution in [0.15, 0.2) is 225 Å². The van der Waals surface area contributed by atoms with Crippen molar-refractivity contribution in [2.75, 3.05) is 85.2 Å². The van der Waals surface area contributed by atoms with E-state index in [1.54, 1.807) is 105 Å². The van der Waals surface area contributed by atoms with Crippen molar-refractivity contribution >= 4 is 12.6 Å². The Kier molecular flexibility index (Phi) is 622. The minimum absolute atomic E-state index is 0.958. The highest BCUT2D eigenvalue weighted by molar-refractivity contribution is 5.58. The van der Waals surface area contributed by atoms with Gasteiger partial charge in [0.25, 0.3) is 0 Å². The van der Waals surface area contributed by atoms with Crippen LogP contribution in [0.5, 0.6) is 0 Å². The van der Waals surface area contributed by atoms with E-state index in [1.165, 1.54) is 71.0 Å². The molecule has 23 heteroatoms. The summed E-state index contributed by atoms with van der Waals surface area (Å²) in [6.45, 7) is 131. The second kappa shape index (κ2) is 407. The molecule has 3 saturated heterocycles. The number of rotatable bonds is 0. The molecule has 0 radical (unpaired) electrons. The van der Waals surface area contributed by atoms with Crippen LogP contribution in [0.25, 0.3) is 0 Å². The fraction of sp³-hybridized carbons (Fsp3) is 0.681. The van der Waals surface area contributed by atoms with E-state index in [2.05, 4.69) is 149 Å². The quantitative estimate of drug-likeness (QED) is 0.0628. The monoisotopic (exact) mass is 1980 g/mol. The highest BCUT2D eigenvalue weighted by Gasteiger charge is 1.94. The Morgan fingerprint density at radius 3 is 0.719 bits per heavy atom. The summed E-state index contributed by atoms with van der Waals surface area (Å²) in [5.74, 6) is 0. The van der Waals surface area contributed by atoms with E-state index >= 15 is 0 Å². The molecule has 7 aromatic heterocycles. The van der Waals surface area contributed by atoms with Gasteiger partial charge in [-0.1, -0.05) is 444 Å². The first-order valence-corrected chi connectivity index (χ1v) is 56.5. The highest BCUT2D eigenvalue weighted by atomic mass is 15.3. The first-order valence-electron chi connectivity index (χ1n) is 56.5. The molecule has 0 bridgehead atoms. The summed E-state index contributed by atoms with van der Waals surface area (Å²) in [5, 5.41) is 41.7. The Morgan fingerprint density at radius 2 is 0.612 bits per heavy atom. The molecule has 3 fully saturated rings. The molecule has 0 aliphatic carbocycles. The Balaban J connectivity index is -0.0000000333. The van der Waals surface area contributed by atoms with Crippen LogP contribution in [0, 0.1) is 0 Å². The zero-order valence-electron chi connectivity index (χ0n) is 105. The van der Waals surface area contributed by atoms with Gasteiger partial charge in [0.05, 0.1) is 19.2 Å². The molecule has 139 heavy (non-hydrogen) atoms. The second-order valence-electron chi connectivity index (χ2n) is 16.1. The van der Waals surface area contributed by atoms with Crippen molar-refractivity contribution in [3.8, 4) is 0 Å². The summed E-state index contributed by atoms with van der Waals surface area (Å²) in [6, 6.07) is 16.9. The van der Waals surface area contributed by atoms with Gasteiger partial charge in [0.1, 0.15) is 6.33 Å². The van der Waals surface area contributed by atoms with Crippen LogP contribution in [-0.4, -0.2) is 158 Å². The van der Waals surface area contributed by atoms with Crippen molar-refractivity contribution in [3.63, 3.8) is 0 Å². The number of nitrogens with zero attached hydrogens (tertiary/aromatic N) is 11. The fourth-order valence-electron chi connectivity index (χ4n) is 5.53. The Morgan fingerprint density at radius 1 is 0.237 bits per heavy atom. The van der Waals surface area contributed by atoms with E-state index in [-0.39, 0.29) is 0 Å². The SMILES string of the molecule is C1=CCNC1.C1=CNC=CC1.C1=CNCC1.C1=NCCN1.C1=NNCC1.C1CCNC1.C1CCNCC1.C1CNCN1.CC.CC.CC.CC.CC.CC.CC.CC.CC.CC.CC.CC.CC.CC.CC.CC.CC.CC.CC.CC.CC.CC.CC.CC.CC.CC.CC.CC.CC.c1c[nH]cn1.c1cc[nH]c1.c1ccncc1.c1ccnnc1.c1cn[nH]c1.c1cnccn1.c1cncnc1. The third kappa shape index (κ3) is 401. The summed E-state index contributed by atoms with van der Waals surface area (Å²) in [4.78, 5) is 31.7. The van der Waals surface area contributed by atoms with Crippen LogP contribution in [0.3, 0.4) is 0 Å². The highest BCUT2D eigenvalue weighted by Crippen LogP contribution is 1.96. The average molecular weight is 1980 g/mol. The molecule has 0 amide bonds. The van der Waals surface area contributed by atoms with Crippen molar-refractivity contribution in [2.24, 2.45) is 10.1 Å². The van der Waals surface area contributed by atoms with Crippen LogP contribution < -0.4 is 48.0 Å². The summed E-state index contributed by atoms with van der Waals surface area (Å²) in [7, 11) is 0. The zero-order valence-corrected chi connectivity index (χ0v) is 105. The number of H-pyrrole nitrogens is 3. The molecule has 0 atom stereocenters. The van der Waals surface area contributed by atoms with Crippen LogP contribution in [0.1, 0.15) is 453 Å². The van der Waals surface area contributed by atoms with Crippen molar-refractivity contribution in [3.05, 3.63) is 215 Å². The lowest BCUT2D eigenvalue weighted by Crippen LogP contribution is -2.21. The number of allylic oxidation sites excluding steroid dienone is 2. The minimum Gasteiger partial charge on any atom is -0.391 e. The maximum absolute atomic E-state index is 3.85. The number of aliphatic imine (C=N–C) groups is 1. The van der Waals surface area contributed by atoms with Gasteiger partial charge >= 0.3 is 0 Å². The number of nitrogens with one attached hydrogen (secondary N) is 12. The maximum Gasteiger partial charge on any atom is 0.115 e. The molecule has 844 valence electrons. The first-order chi connectivity index (χ1) is 69.5. The van der Waals surface area contributed by atoms with Crippen molar-refractivity contribution in [1.29, 1.82) is 0 Å². The number of imidazole rings is 1. The van der Waals surface area contributed by atoms with Crippen molar-refractivity contribution in [1.82, 2.24) is 108 Å². The predicted molar refractivity (Wildman–Crippen MR) is 659 cm³/mol. The summed E-state index contributed by atoms with van der Waals surface area (Å²) < 4.78 is 0. The van der Waals surface area contributed by atoms with Gasteiger partial charge in [0, 0.05) is 164 Å². The lowest BCUT2D eigenvalue weighted by molar-refractivity contribution is 0.520. The van der Waals surface area contributed by atoms with Gasteiger partial charge in [-0.05, 0) is 132 Å². The first kappa shape index (κ1) is 212. The van der Waals surface area contributed by atoms with Crippen molar-refractivity contribution < 1.29 is 0 Å². The van der Waals surface area contributed by atoms with E-state index in [0.717, 1.165) is 71.9 Å². The molecule has 0 unspecified atom stereocenters. The number of piperidine rings is 1. The van der Waals surface area contributed by atoms with Gasteiger partial charge in [-0.15, -0.1) is 0 Å². The Labute approximate surface area is 879 Å². The van der Waals surface area contributed by atoms with Gasteiger partial charge < -0.3 is 57.9 Å². The van der Waals surface area contributed by atoms with E-state index in [4.69, 9.17) is 0 Å². The largest absolute Gasteiger partial charge is 0.391 e. The molecular weight excluding hydrogens is 1720 g/mol. The molecule has 23 nitrogen and oxygen atoms in total. The number of aromatic amines is 3. The molecule has 8 aliphatic heterocycles. The van der Waals surface area contributed by atoms with Crippen LogP contribution in [-0.2, 0) is 0 Å². The van der Waals surface area contributed by atoms with Gasteiger partial charge in [-0.2, -0.15) is 20.4 Å². The molecule has 15 heterocycles. The van der Waals surface area contributed by atoms with Gasteiger partial charge in [0.15, 0.2) is 0 Å². The number of dihydropyridines is 1. The number of hydrogen-bond donors (Lipinski definition) is 12. The smallest absolute Gasteiger partial charge is 0.115 e. The molecule has 8 aliphatic rings. The second-order valence-corrected chi connectivity index (χ2v) is 16.1. The number of aromatic nitrogens is 12.